The van der Waals surface area contributed by atoms with E-state index in [2.05, 4.69) is 36.0 Å². The number of ether oxygens (including phenoxy) is 1. The van der Waals surface area contributed by atoms with Crippen LogP contribution >= 0.6 is 15.9 Å². The third-order valence-corrected chi connectivity index (χ3v) is 3.53. The first-order chi connectivity index (χ1) is 10.1. The summed E-state index contributed by atoms with van der Waals surface area (Å²) in [5, 5.41) is 4.16. The molecule has 3 aromatic heterocycles. The number of anilines is 1. The highest BCUT2D eigenvalue weighted by atomic mass is 79.9. The number of nitrogens with zero attached hydrogens (tertiary/aromatic N) is 6. The molecule has 3 rings (SSSR count). The van der Waals surface area contributed by atoms with Crippen LogP contribution in [0.25, 0.3) is 11.2 Å². The van der Waals surface area contributed by atoms with E-state index in [4.69, 9.17) is 10.5 Å². The van der Waals surface area contributed by atoms with Gasteiger partial charge in [0, 0.05) is 18.8 Å². The molecule has 110 valence electrons. The SMILES string of the molecule is CCOc1nc(N)c2nc(Br)n(Cc3cnn(C)c3)c2n1. The van der Waals surface area contributed by atoms with Gasteiger partial charge < -0.3 is 10.5 Å². The summed E-state index contributed by atoms with van der Waals surface area (Å²) in [6.07, 6.45) is 3.73. The monoisotopic (exact) mass is 351 g/mol. The van der Waals surface area contributed by atoms with Crippen molar-refractivity contribution in [3.63, 3.8) is 0 Å². The summed E-state index contributed by atoms with van der Waals surface area (Å²) in [6.45, 7) is 2.92. The lowest BCUT2D eigenvalue weighted by Crippen LogP contribution is -2.05. The highest BCUT2D eigenvalue weighted by Crippen LogP contribution is 2.25. The number of aryl methyl sites for hydroxylation is 1. The highest BCUT2D eigenvalue weighted by molar-refractivity contribution is 9.10. The number of fused-ring (bicyclic) bond motifs is 1. The van der Waals surface area contributed by atoms with Gasteiger partial charge in [-0.25, -0.2) is 4.98 Å². The minimum absolute atomic E-state index is 0.252. The van der Waals surface area contributed by atoms with Gasteiger partial charge in [0.05, 0.1) is 19.3 Å². The summed E-state index contributed by atoms with van der Waals surface area (Å²) in [5.74, 6) is 0.300. The second-order valence-electron chi connectivity index (χ2n) is 4.49. The van der Waals surface area contributed by atoms with E-state index < -0.39 is 0 Å². The number of hydrogen-bond acceptors (Lipinski definition) is 6. The predicted octanol–water partition coefficient (Wildman–Crippen LogP) is 1.35. The van der Waals surface area contributed by atoms with E-state index in [0.29, 0.717) is 34.9 Å². The Morgan fingerprint density at radius 2 is 2.14 bits per heavy atom. The highest BCUT2D eigenvalue weighted by Gasteiger charge is 2.16. The molecule has 0 aliphatic rings. The van der Waals surface area contributed by atoms with E-state index in [0.717, 1.165) is 5.56 Å². The number of nitrogens with two attached hydrogens (primary N) is 1. The molecule has 0 atom stereocenters. The fourth-order valence-corrected chi connectivity index (χ4v) is 2.52. The first-order valence-electron chi connectivity index (χ1n) is 6.38. The largest absolute Gasteiger partial charge is 0.464 e. The Kier molecular flexibility index (Phi) is 3.50. The maximum atomic E-state index is 5.92. The Morgan fingerprint density at radius 1 is 1.33 bits per heavy atom. The van der Waals surface area contributed by atoms with Crippen LogP contribution in [0.1, 0.15) is 12.5 Å². The standard InChI is InChI=1S/C12H14BrN7O/c1-3-21-12-17-9(14)8-10(18-12)20(11(13)16-8)6-7-4-15-19(2)5-7/h4-5H,3,6H2,1-2H3,(H2,14,17,18). The van der Waals surface area contributed by atoms with Gasteiger partial charge in [0.15, 0.2) is 21.7 Å². The van der Waals surface area contributed by atoms with Gasteiger partial charge in [0.1, 0.15) is 0 Å². The zero-order chi connectivity index (χ0) is 15.0. The molecule has 0 aliphatic heterocycles. The van der Waals surface area contributed by atoms with Crippen LogP contribution in [-0.2, 0) is 13.6 Å². The molecular formula is C12H14BrN7O. The van der Waals surface area contributed by atoms with Crippen molar-refractivity contribution in [2.24, 2.45) is 7.05 Å². The van der Waals surface area contributed by atoms with E-state index in [-0.39, 0.29) is 6.01 Å². The minimum Gasteiger partial charge on any atom is -0.464 e. The molecule has 0 aromatic carbocycles. The normalized spacial score (nSPS) is 11.2. The van der Waals surface area contributed by atoms with Gasteiger partial charge in [-0.3, -0.25) is 9.25 Å². The summed E-state index contributed by atoms with van der Waals surface area (Å²) >= 11 is 3.43. The Bertz CT molecular complexity index is 794. The van der Waals surface area contributed by atoms with E-state index in [1.165, 1.54) is 0 Å². The molecule has 0 unspecified atom stereocenters. The molecule has 0 amide bonds. The lowest BCUT2D eigenvalue weighted by Gasteiger charge is -2.05. The first kappa shape index (κ1) is 13.8. The summed E-state index contributed by atoms with van der Waals surface area (Å²) in [4.78, 5) is 12.8. The van der Waals surface area contributed by atoms with Crippen LogP contribution in [0.3, 0.4) is 0 Å². The topological polar surface area (TPSA) is 96.7 Å². The van der Waals surface area contributed by atoms with Crippen LogP contribution in [0.5, 0.6) is 6.01 Å². The predicted molar refractivity (Wildman–Crippen MR) is 80.9 cm³/mol. The van der Waals surface area contributed by atoms with E-state index >= 15 is 0 Å². The maximum Gasteiger partial charge on any atom is 0.320 e. The molecule has 0 saturated carbocycles. The molecular weight excluding hydrogens is 338 g/mol. The zero-order valence-corrected chi connectivity index (χ0v) is 13.2. The Labute approximate surface area is 129 Å². The Morgan fingerprint density at radius 3 is 2.81 bits per heavy atom. The second kappa shape index (κ2) is 5.32. The molecule has 0 saturated heterocycles. The van der Waals surface area contributed by atoms with Gasteiger partial charge >= 0.3 is 6.01 Å². The van der Waals surface area contributed by atoms with Crippen molar-refractivity contribution in [3.8, 4) is 6.01 Å². The number of hydrogen-bond donors (Lipinski definition) is 1. The molecule has 21 heavy (non-hydrogen) atoms. The smallest absolute Gasteiger partial charge is 0.320 e. The summed E-state index contributed by atoms with van der Waals surface area (Å²) in [7, 11) is 1.87. The summed E-state index contributed by atoms with van der Waals surface area (Å²) in [6, 6.07) is 0.252. The van der Waals surface area contributed by atoms with Crippen molar-refractivity contribution in [2.75, 3.05) is 12.3 Å². The fourth-order valence-electron chi connectivity index (χ4n) is 2.04. The van der Waals surface area contributed by atoms with Crippen LogP contribution in [-0.4, -0.2) is 35.9 Å². The molecule has 0 radical (unpaired) electrons. The van der Waals surface area contributed by atoms with Crippen LogP contribution < -0.4 is 10.5 Å². The molecule has 3 aromatic rings. The first-order valence-corrected chi connectivity index (χ1v) is 7.17. The molecule has 3 heterocycles. The van der Waals surface area contributed by atoms with Gasteiger partial charge in [-0.15, -0.1) is 0 Å². The average molecular weight is 352 g/mol. The van der Waals surface area contributed by atoms with E-state index in [1.807, 2.05) is 24.7 Å². The maximum absolute atomic E-state index is 5.92. The van der Waals surface area contributed by atoms with E-state index in [1.54, 1.807) is 10.9 Å². The molecule has 9 heteroatoms. The second-order valence-corrected chi connectivity index (χ2v) is 5.20. The van der Waals surface area contributed by atoms with Gasteiger partial charge in [-0.1, -0.05) is 0 Å². The lowest BCUT2D eigenvalue weighted by atomic mass is 10.3. The van der Waals surface area contributed by atoms with Crippen molar-refractivity contribution in [2.45, 2.75) is 13.5 Å². The third-order valence-electron chi connectivity index (χ3n) is 2.93. The van der Waals surface area contributed by atoms with Crippen molar-refractivity contribution >= 4 is 32.9 Å². The Hall–Kier alpha value is -2.16. The number of rotatable bonds is 4. The van der Waals surface area contributed by atoms with E-state index in [9.17, 15) is 0 Å². The van der Waals surface area contributed by atoms with Gasteiger partial charge in [-0.2, -0.15) is 15.1 Å². The Balaban J connectivity index is 2.10. The number of aromatic nitrogens is 6. The van der Waals surface area contributed by atoms with Crippen molar-refractivity contribution in [1.29, 1.82) is 0 Å². The summed E-state index contributed by atoms with van der Waals surface area (Å²) < 4.78 is 9.62. The van der Waals surface area contributed by atoms with Crippen molar-refractivity contribution in [1.82, 2.24) is 29.3 Å². The minimum atomic E-state index is 0.252. The average Bonchev–Trinajstić information content (AvgIpc) is 2.97. The molecule has 0 spiro atoms. The van der Waals surface area contributed by atoms with Crippen LogP contribution in [0, 0.1) is 0 Å². The van der Waals surface area contributed by atoms with Crippen molar-refractivity contribution < 1.29 is 4.74 Å². The summed E-state index contributed by atoms with van der Waals surface area (Å²) in [5.41, 5.74) is 8.13. The fraction of sp³-hybridized carbons (Fsp3) is 0.333. The van der Waals surface area contributed by atoms with Crippen LogP contribution in [0.2, 0.25) is 0 Å². The number of halogens is 1. The molecule has 2 N–H and O–H groups in total. The number of nitrogen functional groups attached to an aromatic ring is 1. The molecule has 8 nitrogen and oxygen atoms in total. The molecule has 0 bridgehead atoms. The van der Waals surface area contributed by atoms with Crippen LogP contribution in [0.4, 0.5) is 5.82 Å². The zero-order valence-electron chi connectivity index (χ0n) is 11.6. The quantitative estimate of drug-likeness (QED) is 0.712. The van der Waals surface area contributed by atoms with Gasteiger partial charge in [0.2, 0.25) is 0 Å². The third kappa shape index (κ3) is 2.56. The van der Waals surface area contributed by atoms with Crippen LogP contribution in [0.15, 0.2) is 17.1 Å². The molecule has 0 fully saturated rings. The molecule has 0 aliphatic carbocycles. The van der Waals surface area contributed by atoms with Gasteiger partial charge in [-0.05, 0) is 22.9 Å². The lowest BCUT2D eigenvalue weighted by molar-refractivity contribution is 0.314. The van der Waals surface area contributed by atoms with Gasteiger partial charge in [0.25, 0.3) is 0 Å². The number of imidazole rings is 1. The van der Waals surface area contributed by atoms with Crippen molar-refractivity contribution in [3.05, 3.63) is 22.7 Å².